The number of nitrogens with zero attached hydrogens (tertiary/aromatic N) is 1. The molecule has 0 amide bonds. The number of anilines is 1. The number of carbonyl (C=O) groups is 1. The molecule has 0 spiro atoms. The van der Waals surface area contributed by atoms with Gasteiger partial charge in [-0.3, -0.25) is 9.69 Å². The van der Waals surface area contributed by atoms with Crippen molar-refractivity contribution in [3.05, 3.63) is 23.8 Å². The van der Waals surface area contributed by atoms with Crippen LogP contribution in [0.15, 0.2) is 18.2 Å². The molecule has 1 heterocycles. The second-order valence-corrected chi connectivity index (χ2v) is 5.06. The summed E-state index contributed by atoms with van der Waals surface area (Å²) in [6.07, 6.45) is 3.93. The summed E-state index contributed by atoms with van der Waals surface area (Å²) >= 11 is 0. The number of Topliss-reactive ketones (excluding diaryl/α,β-unsaturated/α-hetero) is 1. The maximum atomic E-state index is 11.3. The van der Waals surface area contributed by atoms with E-state index in [1.165, 1.54) is 39.3 Å². The van der Waals surface area contributed by atoms with E-state index in [9.17, 15) is 4.79 Å². The highest BCUT2D eigenvalue weighted by Gasteiger charge is 2.10. The van der Waals surface area contributed by atoms with E-state index in [1.54, 1.807) is 12.1 Å². The maximum Gasteiger partial charge on any atom is 0.161 e. The molecule has 104 valence electrons. The van der Waals surface area contributed by atoms with Crippen LogP contribution in [0.3, 0.4) is 0 Å². The van der Waals surface area contributed by atoms with Crippen LogP contribution < -0.4 is 10.5 Å². The van der Waals surface area contributed by atoms with Gasteiger partial charge in [0.15, 0.2) is 5.78 Å². The summed E-state index contributed by atoms with van der Waals surface area (Å²) in [5.41, 5.74) is 6.87. The molecule has 1 aliphatic heterocycles. The van der Waals surface area contributed by atoms with Crippen molar-refractivity contribution >= 4 is 11.5 Å². The Bertz CT molecular complexity index is 440. The number of ether oxygens (including phenoxy) is 1. The monoisotopic (exact) mass is 262 g/mol. The molecule has 2 N–H and O–H groups in total. The molecule has 0 radical (unpaired) electrons. The third-order valence-electron chi connectivity index (χ3n) is 3.53. The first-order valence-corrected chi connectivity index (χ1v) is 6.92. The summed E-state index contributed by atoms with van der Waals surface area (Å²) in [7, 11) is 0. The standard InChI is InChI=1S/C15H22N2O2/c1-12(18)14-6-5-13(11-15(14)16)19-10-9-17-7-3-2-4-8-17/h5-6,11H,2-4,7-10,16H2,1H3. The molecular weight excluding hydrogens is 240 g/mol. The number of hydrogen-bond acceptors (Lipinski definition) is 4. The fourth-order valence-corrected chi connectivity index (χ4v) is 2.43. The highest BCUT2D eigenvalue weighted by Crippen LogP contribution is 2.20. The van der Waals surface area contributed by atoms with E-state index in [0.717, 1.165) is 12.3 Å². The maximum absolute atomic E-state index is 11.3. The summed E-state index contributed by atoms with van der Waals surface area (Å²) in [6.45, 7) is 5.49. The molecule has 1 aromatic carbocycles. The number of carbonyl (C=O) groups excluding carboxylic acids is 1. The van der Waals surface area contributed by atoms with Crippen LogP contribution in [-0.4, -0.2) is 36.9 Å². The minimum Gasteiger partial charge on any atom is -0.492 e. The van der Waals surface area contributed by atoms with Crippen molar-refractivity contribution in [2.45, 2.75) is 26.2 Å². The molecule has 0 saturated carbocycles. The van der Waals surface area contributed by atoms with Gasteiger partial charge in [-0.15, -0.1) is 0 Å². The Morgan fingerprint density at radius 3 is 2.68 bits per heavy atom. The van der Waals surface area contributed by atoms with Gasteiger partial charge in [0, 0.05) is 23.9 Å². The number of likely N-dealkylation sites (tertiary alicyclic amines) is 1. The summed E-state index contributed by atoms with van der Waals surface area (Å²) in [4.78, 5) is 13.7. The minimum atomic E-state index is -0.0163. The number of nitrogen functional groups attached to an aromatic ring is 1. The SMILES string of the molecule is CC(=O)c1ccc(OCCN2CCCCC2)cc1N. The van der Waals surface area contributed by atoms with E-state index in [0.29, 0.717) is 17.9 Å². The lowest BCUT2D eigenvalue weighted by molar-refractivity contribution is 0.101. The summed E-state index contributed by atoms with van der Waals surface area (Å²) in [6, 6.07) is 5.27. The van der Waals surface area contributed by atoms with E-state index >= 15 is 0 Å². The molecule has 0 unspecified atom stereocenters. The largest absolute Gasteiger partial charge is 0.492 e. The average molecular weight is 262 g/mol. The molecule has 0 bridgehead atoms. The minimum absolute atomic E-state index is 0.0163. The van der Waals surface area contributed by atoms with Gasteiger partial charge in [-0.05, 0) is 45.0 Å². The molecule has 0 aliphatic carbocycles. The van der Waals surface area contributed by atoms with Gasteiger partial charge in [-0.2, -0.15) is 0 Å². The Morgan fingerprint density at radius 2 is 2.05 bits per heavy atom. The van der Waals surface area contributed by atoms with Crippen LogP contribution in [0.2, 0.25) is 0 Å². The first-order chi connectivity index (χ1) is 9.16. The zero-order valence-electron chi connectivity index (χ0n) is 11.5. The Balaban J connectivity index is 1.82. The van der Waals surface area contributed by atoms with Crippen LogP contribution in [0.25, 0.3) is 0 Å². The topological polar surface area (TPSA) is 55.6 Å². The second kappa shape index (κ2) is 6.57. The normalized spacial score (nSPS) is 16.3. The van der Waals surface area contributed by atoms with E-state index in [1.807, 2.05) is 6.07 Å². The highest BCUT2D eigenvalue weighted by molar-refractivity contribution is 5.99. The lowest BCUT2D eigenvalue weighted by Crippen LogP contribution is -2.33. The molecule has 4 heteroatoms. The Morgan fingerprint density at radius 1 is 1.32 bits per heavy atom. The summed E-state index contributed by atoms with van der Waals surface area (Å²) in [5, 5.41) is 0. The summed E-state index contributed by atoms with van der Waals surface area (Å²) < 4.78 is 5.69. The Labute approximate surface area is 114 Å². The zero-order valence-corrected chi connectivity index (χ0v) is 11.5. The molecule has 19 heavy (non-hydrogen) atoms. The quantitative estimate of drug-likeness (QED) is 0.653. The van der Waals surface area contributed by atoms with Crippen molar-refractivity contribution < 1.29 is 9.53 Å². The van der Waals surface area contributed by atoms with Crippen molar-refractivity contribution in [1.29, 1.82) is 0 Å². The molecule has 4 nitrogen and oxygen atoms in total. The van der Waals surface area contributed by atoms with E-state index in [2.05, 4.69) is 4.90 Å². The van der Waals surface area contributed by atoms with E-state index in [4.69, 9.17) is 10.5 Å². The first kappa shape index (κ1) is 13.9. The lowest BCUT2D eigenvalue weighted by Gasteiger charge is -2.26. The van der Waals surface area contributed by atoms with Gasteiger partial charge >= 0.3 is 0 Å². The van der Waals surface area contributed by atoms with Crippen molar-refractivity contribution in [2.75, 3.05) is 32.0 Å². The fourth-order valence-electron chi connectivity index (χ4n) is 2.43. The number of nitrogens with two attached hydrogens (primary N) is 1. The van der Waals surface area contributed by atoms with Gasteiger partial charge in [0.2, 0.25) is 0 Å². The van der Waals surface area contributed by atoms with Crippen molar-refractivity contribution in [2.24, 2.45) is 0 Å². The van der Waals surface area contributed by atoms with Crippen LogP contribution in [0.1, 0.15) is 36.5 Å². The summed E-state index contributed by atoms with van der Waals surface area (Å²) in [5.74, 6) is 0.719. The molecule has 1 saturated heterocycles. The van der Waals surface area contributed by atoms with Crippen molar-refractivity contribution in [1.82, 2.24) is 4.90 Å². The van der Waals surface area contributed by atoms with Crippen LogP contribution in [0.4, 0.5) is 5.69 Å². The number of benzene rings is 1. The molecule has 0 atom stereocenters. The molecule has 2 rings (SSSR count). The molecule has 1 aliphatic rings. The van der Waals surface area contributed by atoms with Gasteiger partial charge in [-0.1, -0.05) is 6.42 Å². The third kappa shape index (κ3) is 3.96. The van der Waals surface area contributed by atoms with Crippen LogP contribution in [0, 0.1) is 0 Å². The van der Waals surface area contributed by atoms with Crippen LogP contribution in [-0.2, 0) is 0 Å². The molecule has 0 aromatic heterocycles. The molecule has 1 aromatic rings. The number of hydrogen-bond donors (Lipinski definition) is 1. The van der Waals surface area contributed by atoms with Gasteiger partial charge in [0.25, 0.3) is 0 Å². The predicted octanol–water partition coefficient (Wildman–Crippen LogP) is 2.34. The van der Waals surface area contributed by atoms with Crippen LogP contribution in [0.5, 0.6) is 5.75 Å². The Kier molecular flexibility index (Phi) is 4.80. The smallest absolute Gasteiger partial charge is 0.161 e. The first-order valence-electron chi connectivity index (χ1n) is 6.92. The van der Waals surface area contributed by atoms with Crippen molar-refractivity contribution in [3.8, 4) is 5.75 Å². The van der Waals surface area contributed by atoms with E-state index < -0.39 is 0 Å². The van der Waals surface area contributed by atoms with Gasteiger partial charge < -0.3 is 10.5 Å². The second-order valence-electron chi connectivity index (χ2n) is 5.06. The molecule has 1 fully saturated rings. The van der Waals surface area contributed by atoms with Gasteiger partial charge in [0.05, 0.1) is 0 Å². The van der Waals surface area contributed by atoms with Gasteiger partial charge in [0.1, 0.15) is 12.4 Å². The Hall–Kier alpha value is -1.55. The number of ketones is 1. The molecular formula is C15H22N2O2. The third-order valence-corrected chi connectivity index (χ3v) is 3.53. The highest BCUT2D eigenvalue weighted by atomic mass is 16.5. The number of rotatable bonds is 5. The van der Waals surface area contributed by atoms with E-state index in [-0.39, 0.29) is 5.78 Å². The van der Waals surface area contributed by atoms with Gasteiger partial charge in [-0.25, -0.2) is 0 Å². The lowest BCUT2D eigenvalue weighted by atomic mass is 10.1. The average Bonchev–Trinajstić information content (AvgIpc) is 2.39. The number of piperidine rings is 1. The van der Waals surface area contributed by atoms with Crippen molar-refractivity contribution in [3.63, 3.8) is 0 Å². The zero-order chi connectivity index (χ0) is 13.7. The fraction of sp³-hybridized carbons (Fsp3) is 0.533. The predicted molar refractivity (Wildman–Crippen MR) is 76.6 cm³/mol. The van der Waals surface area contributed by atoms with Crippen LogP contribution >= 0.6 is 0 Å².